The topological polar surface area (TPSA) is 34.5 Å². The van der Waals surface area contributed by atoms with Crippen molar-refractivity contribution in [1.29, 1.82) is 0 Å². The summed E-state index contributed by atoms with van der Waals surface area (Å²) in [5, 5.41) is 1.44. The highest BCUT2D eigenvalue weighted by Crippen LogP contribution is 2.15. The van der Waals surface area contributed by atoms with Gasteiger partial charge in [-0.05, 0) is 36.8 Å². The normalized spacial score (nSPS) is 15.0. The Kier molecular flexibility index (Phi) is 2.86. The molecule has 0 aliphatic carbocycles. The van der Waals surface area contributed by atoms with E-state index >= 15 is 0 Å². The molecule has 92 valence electrons. The molecule has 2 aromatic rings. The van der Waals surface area contributed by atoms with Crippen molar-refractivity contribution < 1.29 is 9.63 Å². The van der Waals surface area contributed by atoms with Crippen molar-refractivity contribution in [3.63, 3.8) is 0 Å². The minimum Gasteiger partial charge on any atom is -0.324 e. The predicted octanol–water partition coefficient (Wildman–Crippen LogP) is 2.25. The van der Waals surface area contributed by atoms with Crippen molar-refractivity contribution in [3.8, 4) is 5.69 Å². The largest absolute Gasteiger partial charge is 0.324 e. The summed E-state index contributed by atoms with van der Waals surface area (Å²) < 4.78 is 1.97. The van der Waals surface area contributed by atoms with Crippen molar-refractivity contribution in [2.45, 2.75) is 6.42 Å². The van der Waals surface area contributed by atoms with Gasteiger partial charge < -0.3 is 4.57 Å². The SMILES string of the molecule is O=C(c1cccc(-n2cccc2)c1)N1CCCO1. The third kappa shape index (κ3) is 2.02. The van der Waals surface area contributed by atoms with Crippen LogP contribution in [0.15, 0.2) is 48.8 Å². The van der Waals surface area contributed by atoms with Crippen LogP contribution >= 0.6 is 0 Å². The number of amides is 1. The van der Waals surface area contributed by atoms with Crippen LogP contribution in [-0.2, 0) is 4.84 Å². The number of carbonyl (C=O) groups is 1. The van der Waals surface area contributed by atoms with E-state index in [1.54, 1.807) is 0 Å². The van der Waals surface area contributed by atoms with Crippen LogP contribution in [0.4, 0.5) is 0 Å². The van der Waals surface area contributed by atoms with E-state index in [0.717, 1.165) is 12.1 Å². The number of hydrogen-bond acceptors (Lipinski definition) is 2. The van der Waals surface area contributed by atoms with E-state index in [4.69, 9.17) is 4.84 Å². The van der Waals surface area contributed by atoms with E-state index in [9.17, 15) is 4.79 Å². The fraction of sp³-hybridized carbons (Fsp3) is 0.214. The summed E-state index contributed by atoms with van der Waals surface area (Å²) in [4.78, 5) is 17.4. The van der Waals surface area contributed by atoms with Crippen LogP contribution in [0.3, 0.4) is 0 Å². The minimum absolute atomic E-state index is 0.0680. The Balaban J connectivity index is 1.89. The molecule has 1 aliphatic heterocycles. The van der Waals surface area contributed by atoms with Crippen molar-refractivity contribution >= 4 is 5.91 Å². The molecule has 4 nitrogen and oxygen atoms in total. The maximum atomic E-state index is 12.2. The molecule has 0 N–H and O–H groups in total. The van der Waals surface area contributed by atoms with Crippen LogP contribution < -0.4 is 0 Å². The molecule has 1 saturated heterocycles. The molecule has 1 amide bonds. The lowest BCUT2D eigenvalue weighted by Crippen LogP contribution is -2.26. The third-order valence-electron chi connectivity index (χ3n) is 2.97. The molecule has 1 aliphatic rings. The van der Waals surface area contributed by atoms with Crippen molar-refractivity contribution in [2.24, 2.45) is 0 Å². The van der Waals surface area contributed by atoms with Gasteiger partial charge in [-0.3, -0.25) is 9.63 Å². The summed E-state index contributed by atoms with van der Waals surface area (Å²) in [5.41, 5.74) is 1.63. The summed E-state index contributed by atoms with van der Waals surface area (Å²) >= 11 is 0. The molecule has 0 atom stereocenters. The second kappa shape index (κ2) is 4.66. The van der Waals surface area contributed by atoms with E-state index in [0.29, 0.717) is 18.7 Å². The Morgan fingerprint density at radius 3 is 2.72 bits per heavy atom. The first-order valence-corrected chi connectivity index (χ1v) is 6.03. The summed E-state index contributed by atoms with van der Waals surface area (Å²) in [7, 11) is 0. The molecule has 4 heteroatoms. The predicted molar refractivity (Wildman–Crippen MR) is 67.4 cm³/mol. The van der Waals surface area contributed by atoms with E-state index in [2.05, 4.69) is 0 Å². The zero-order valence-electron chi connectivity index (χ0n) is 9.95. The fourth-order valence-corrected chi connectivity index (χ4v) is 2.06. The number of nitrogens with zero attached hydrogens (tertiary/aromatic N) is 2. The Labute approximate surface area is 105 Å². The molecular weight excluding hydrogens is 228 g/mol. The van der Waals surface area contributed by atoms with Gasteiger partial charge in [0.2, 0.25) is 0 Å². The summed E-state index contributed by atoms with van der Waals surface area (Å²) in [5.74, 6) is -0.0680. The number of benzene rings is 1. The average Bonchev–Trinajstić information content (AvgIpc) is 3.11. The number of aromatic nitrogens is 1. The highest BCUT2D eigenvalue weighted by molar-refractivity contribution is 5.94. The van der Waals surface area contributed by atoms with Gasteiger partial charge in [0.15, 0.2) is 0 Å². The zero-order chi connectivity index (χ0) is 12.4. The molecule has 0 radical (unpaired) electrons. The van der Waals surface area contributed by atoms with Gasteiger partial charge in [-0.15, -0.1) is 0 Å². The molecule has 3 rings (SSSR count). The lowest BCUT2D eigenvalue weighted by atomic mass is 10.2. The second-order valence-corrected chi connectivity index (χ2v) is 4.23. The smallest absolute Gasteiger partial charge is 0.277 e. The monoisotopic (exact) mass is 242 g/mol. The van der Waals surface area contributed by atoms with Gasteiger partial charge in [-0.1, -0.05) is 6.07 Å². The van der Waals surface area contributed by atoms with Crippen LogP contribution in [0.5, 0.6) is 0 Å². The van der Waals surface area contributed by atoms with E-state index in [-0.39, 0.29) is 5.91 Å². The standard InChI is InChI=1S/C14H14N2O2/c17-14(16-9-4-10-18-16)12-5-3-6-13(11-12)15-7-1-2-8-15/h1-3,5-8,11H,4,9-10H2. The van der Waals surface area contributed by atoms with Crippen molar-refractivity contribution in [2.75, 3.05) is 13.2 Å². The Hall–Kier alpha value is -2.07. The number of rotatable bonds is 2. The number of hydroxylamine groups is 2. The molecule has 1 aromatic carbocycles. The number of hydrogen-bond donors (Lipinski definition) is 0. The van der Waals surface area contributed by atoms with Crippen LogP contribution in [0.1, 0.15) is 16.8 Å². The maximum absolute atomic E-state index is 12.2. The molecular formula is C14H14N2O2. The van der Waals surface area contributed by atoms with Gasteiger partial charge >= 0.3 is 0 Å². The molecule has 1 fully saturated rings. The molecule has 2 heterocycles. The van der Waals surface area contributed by atoms with Crippen LogP contribution in [-0.4, -0.2) is 28.7 Å². The first-order valence-electron chi connectivity index (χ1n) is 6.03. The molecule has 0 unspecified atom stereocenters. The molecule has 1 aromatic heterocycles. The summed E-state index contributed by atoms with van der Waals surface area (Å²) in [6.07, 6.45) is 4.81. The van der Waals surface area contributed by atoms with Crippen molar-refractivity contribution in [1.82, 2.24) is 9.63 Å². The number of carbonyl (C=O) groups excluding carboxylic acids is 1. The maximum Gasteiger partial charge on any atom is 0.277 e. The molecule has 0 spiro atoms. The van der Waals surface area contributed by atoms with Crippen LogP contribution in [0, 0.1) is 0 Å². The quantitative estimate of drug-likeness (QED) is 0.809. The Bertz CT molecular complexity index is 543. The third-order valence-corrected chi connectivity index (χ3v) is 2.97. The molecule has 0 saturated carbocycles. The second-order valence-electron chi connectivity index (χ2n) is 4.23. The van der Waals surface area contributed by atoms with Gasteiger partial charge in [0.25, 0.3) is 5.91 Å². The van der Waals surface area contributed by atoms with Gasteiger partial charge in [-0.25, -0.2) is 5.06 Å². The van der Waals surface area contributed by atoms with E-state index < -0.39 is 0 Å². The van der Waals surface area contributed by atoms with Gasteiger partial charge in [0.1, 0.15) is 0 Å². The molecule has 18 heavy (non-hydrogen) atoms. The lowest BCUT2D eigenvalue weighted by Gasteiger charge is -2.14. The summed E-state index contributed by atoms with van der Waals surface area (Å²) in [6.45, 7) is 1.30. The lowest BCUT2D eigenvalue weighted by molar-refractivity contribution is -0.0768. The van der Waals surface area contributed by atoms with Gasteiger partial charge in [0.05, 0.1) is 13.2 Å². The Morgan fingerprint density at radius 2 is 2.00 bits per heavy atom. The first kappa shape index (κ1) is 11.0. The van der Waals surface area contributed by atoms with Crippen molar-refractivity contribution in [3.05, 3.63) is 54.4 Å². The highest BCUT2D eigenvalue weighted by Gasteiger charge is 2.20. The first-order chi connectivity index (χ1) is 8.84. The zero-order valence-corrected chi connectivity index (χ0v) is 9.95. The van der Waals surface area contributed by atoms with Crippen LogP contribution in [0.25, 0.3) is 5.69 Å². The summed E-state index contributed by atoms with van der Waals surface area (Å²) in [6, 6.07) is 11.5. The van der Waals surface area contributed by atoms with Gasteiger partial charge in [0, 0.05) is 23.6 Å². The van der Waals surface area contributed by atoms with Gasteiger partial charge in [-0.2, -0.15) is 0 Å². The highest BCUT2D eigenvalue weighted by atomic mass is 16.7. The minimum atomic E-state index is -0.0680. The average molecular weight is 242 g/mol. The van der Waals surface area contributed by atoms with Crippen LogP contribution in [0.2, 0.25) is 0 Å². The fourth-order valence-electron chi connectivity index (χ4n) is 2.06. The van der Waals surface area contributed by atoms with E-state index in [1.165, 1.54) is 5.06 Å². The molecule has 0 bridgehead atoms. The van der Waals surface area contributed by atoms with E-state index in [1.807, 2.05) is 53.4 Å². The Morgan fingerprint density at radius 1 is 1.17 bits per heavy atom.